The second-order valence-corrected chi connectivity index (χ2v) is 4.50. The highest BCUT2D eigenvalue weighted by molar-refractivity contribution is 5.25. The van der Waals surface area contributed by atoms with Gasteiger partial charge in [-0.1, -0.05) is 18.2 Å². The van der Waals surface area contributed by atoms with E-state index in [1.165, 1.54) is 6.07 Å². The molecule has 0 saturated heterocycles. The van der Waals surface area contributed by atoms with Gasteiger partial charge < -0.3 is 14.8 Å². The lowest BCUT2D eigenvalue weighted by atomic mass is 10.1. The van der Waals surface area contributed by atoms with Gasteiger partial charge in [0.25, 0.3) is 0 Å². The average molecular weight is 305 g/mol. The number of alkyl halides is 3. The quantitative estimate of drug-likeness (QED) is 0.559. The summed E-state index contributed by atoms with van der Waals surface area (Å²) < 4.78 is 48.5. The van der Waals surface area contributed by atoms with Gasteiger partial charge in [-0.15, -0.1) is 0 Å². The highest BCUT2D eigenvalue weighted by Crippen LogP contribution is 2.29. The van der Waals surface area contributed by atoms with Gasteiger partial charge in [0, 0.05) is 32.7 Å². The van der Waals surface area contributed by atoms with Gasteiger partial charge in [0.15, 0.2) is 6.29 Å². The van der Waals surface area contributed by atoms with Crippen molar-refractivity contribution in [3.05, 3.63) is 35.4 Å². The summed E-state index contributed by atoms with van der Waals surface area (Å²) in [5, 5.41) is 3.10. The van der Waals surface area contributed by atoms with Crippen LogP contribution in [-0.2, 0) is 22.2 Å². The molecule has 0 unspecified atom stereocenters. The molecule has 0 fully saturated rings. The van der Waals surface area contributed by atoms with Crippen LogP contribution in [0.1, 0.15) is 31.4 Å². The summed E-state index contributed by atoms with van der Waals surface area (Å²) in [6, 6.07) is 5.33. The van der Waals surface area contributed by atoms with Gasteiger partial charge in [0.1, 0.15) is 0 Å². The molecule has 0 radical (unpaired) electrons. The summed E-state index contributed by atoms with van der Waals surface area (Å²) >= 11 is 0. The lowest BCUT2D eigenvalue weighted by molar-refractivity contribution is -0.138. The van der Waals surface area contributed by atoms with Crippen LogP contribution in [0.5, 0.6) is 0 Å². The predicted octanol–water partition coefficient (Wildman–Crippen LogP) is 3.58. The second kappa shape index (κ2) is 9.02. The Morgan fingerprint density at radius 3 is 2.38 bits per heavy atom. The molecular weight excluding hydrogens is 283 g/mol. The van der Waals surface area contributed by atoms with Gasteiger partial charge in [-0.05, 0) is 25.5 Å². The van der Waals surface area contributed by atoms with E-state index < -0.39 is 11.7 Å². The smallest absolute Gasteiger partial charge is 0.353 e. The minimum Gasteiger partial charge on any atom is -0.353 e. The zero-order chi connectivity index (χ0) is 15.7. The molecule has 6 heteroatoms. The molecule has 120 valence electrons. The number of benzene rings is 1. The first-order valence-corrected chi connectivity index (χ1v) is 7.07. The number of halogens is 3. The highest BCUT2D eigenvalue weighted by Gasteiger charge is 2.30. The predicted molar refractivity (Wildman–Crippen MR) is 74.8 cm³/mol. The molecule has 1 rings (SSSR count). The molecule has 21 heavy (non-hydrogen) atoms. The van der Waals surface area contributed by atoms with Crippen LogP contribution in [-0.4, -0.2) is 26.0 Å². The van der Waals surface area contributed by atoms with Crippen molar-refractivity contribution in [1.82, 2.24) is 5.32 Å². The van der Waals surface area contributed by atoms with Crippen molar-refractivity contribution in [1.29, 1.82) is 0 Å². The van der Waals surface area contributed by atoms with Crippen molar-refractivity contribution < 1.29 is 22.6 Å². The maximum atomic E-state index is 12.6. The van der Waals surface area contributed by atoms with E-state index in [-0.39, 0.29) is 6.29 Å². The third-order valence-corrected chi connectivity index (χ3v) is 2.85. The van der Waals surface area contributed by atoms with E-state index >= 15 is 0 Å². The van der Waals surface area contributed by atoms with Crippen LogP contribution in [0.2, 0.25) is 0 Å². The van der Waals surface area contributed by atoms with E-state index in [0.29, 0.717) is 38.3 Å². The largest absolute Gasteiger partial charge is 0.416 e. The van der Waals surface area contributed by atoms with Crippen LogP contribution in [0, 0.1) is 0 Å². The van der Waals surface area contributed by atoms with Gasteiger partial charge in [0.05, 0.1) is 5.56 Å². The van der Waals surface area contributed by atoms with Gasteiger partial charge in [-0.2, -0.15) is 13.2 Å². The normalized spacial score (nSPS) is 12.1. The van der Waals surface area contributed by atoms with Crippen LogP contribution in [0.3, 0.4) is 0 Å². The molecule has 0 heterocycles. The van der Waals surface area contributed by atoms with E-state index in [0.717, 1.165) is 12.1 Å². The van der Waals surface area contributed by atoms with Gasteiger partial charge in [0.2, 0.25) is 0 Å². The van der Waals surface area contributed by atoms with Gasteiger partial charge >= 0.3 is 6.18 Å². The summed E-state index contributed by atoms with van der Waals surface area (Å²) in [5.74, 6) is 0. The first-order chi connectivity index (χ1) is 9.97. The Morgan fingerprint density at radius 2 is 1.81 bits per heavy atom. The number of rotatable bonds is 9. The molecule has 0 spiro atoms. The molecule has 1 N–H and O–H groups in total. The van der Waals surface area contributed by atoms with Gasteiger partial charge in [-0.3, -0.25) is 0 Å². The average Bonchev–Trinajstić information content (AvgIpc) is 2.43. The van der Waals surface area contributed by atoms with Crippen LogP contribution in [0.25, 0.3) is 0 Å². The Hall–Kier alpha value is -1.11. The molecule has 3 nitrogen and oxygen atoms in total. The minimum atomic E-state index is -4.30. The first kappa shape index (κ1) is 17.9. The molecule has 1 aromatic carbocycles. The fourth-order valence-corrected chi connectivity index (χ4v) is 1.90. The fourth-order valence-electron chi connectivity index (χ4n) is 1.90. The molecule has 0 aliphatic carbocycles. The summed E-state index contributed by atoms with van der Waals surface area (Å²) in [5.41, 5.74) is -0.0162. The number of nitrogens with one attached hydrogen (secondary N) is 1. The third kappa shape index (κ3) is 6.93. The van der Waals surface area contributed by atoms with E-state index in [2.05, 4.69) is 5.32 Å². The van der Waals surface area contributed by atoms with Crippen LogP contribution < -0.4 is 5.32 Å². The summed E-state index contributed by atoms with van der Waals surface area (Å²) in [6.45, 7) is 5.91. The molecule has 1 aromatic rings. The molecule has 0 amide bonds. The van der Waals surface area contributed by atoms with Crippen molar-refractivity contribution in [2.75, 3.05) is 19.8 Å². The van der Waals surface area contributed by atoms with Crippen LogP contribution >= 0.6 is 0 Å². The maximum Gasteiger partial charge on any atom is 0.416 e. The van der Waals surface area contributed by atoms with Crippen molar-refractivity contribution in [2.45, 2.75) is 39.3 Å². The highest BCUT2D eigenvalue weighted by atomic mass is 19.4. The van der Waals surface area contributed by atoms with Gasteiger partial charge in [-0.25, -0.2) is 0 Å². The summed E-state index contributed by atoms with van der Waals surface area (Å²) in [6.07, 6.45) is -3.92. The molecule has 0 saturated carbocycles. The lowest BCUT2D eigenvalue weighted by Crippen LogP contribution is -2.24. The van der Waals surface area contributed by atoms with Crippen LogP contribution in [0.4, 0.5) is 13.2 Å². The SMILES string of the molecule is CCOC(CCNCc1cccc(C(F)(F)F)c1)OCC. The van der Waals surface area contributed by atoms with E-state index in [4.69, 9.17) is 9.47 Å². The standard InChI is InChI=1S/C15H22F3NO2/c1-3-20-14(21-4-2)8-9-19-11-12-6-5-7-13(10-12)15(16,17)18/h5-7,10,14,19H,3-4,8-9,11H2,1-2H3. The Kier molecular flexibility index (Phi) is 7.71. The lowest BCUT2D eigenvalue weighted by Gasteiger charge is -2.17. The monoisotopic (exact) mass is 305 g/mol. The molecule has 0 bridgehead atoms. The minimum absolute atomic E-state index is 0.269. The second-order valence-electron chi connectivity index (χ2n) is 4.50. The number of ether oxygens (including phenoxy) is 2. The fraction of sp³-hybridized carbons (Fsp3) is 0.600. The van der Waals surface area contributed by atoms with E-state index in [1.807, 2.05) is 13.8 Å². The Balaban J connectivity index is 2.38. The Morgan fingerprint density at radius 1 is 1.14 bits per heavy atom. The topological polar surface area (TPSA) is 30.5 Å². The molecule has 0 aliphatic heterocycles. The van der Waals surface area contributed by atoms with Crippen molar-refractivity contribution in [3.8, 4) is 0 Å². The van der Waals surface area contributed by atoms with Crippen molar-refractivity contribution in [3.63, 3.8) is 0 Å². The summed E-state index contributed by atoms with van der Waals surface area (Å²) in [4.78, 5) is 0. The molecule has 0 aromatic heterocycles. The molecule has 0 aliphatic rings. The molecule has 0 atom stereocenters. The van der Waals surface area contributed by atoms with Crippen molar-refractivity contribution in [2.24, 2.45) is 0 Å². The van der Waals surface area contributed by atoms with Crippen LogP contribution in [0.15, 0.2) is 24.3 Å². The number of hydrogen-bond donors (Lipinski definition) is 1. The zero-order valence-corrected chi connectivity index (χ0v) is 12.4. The third-order valence-electron chi connectivity index (χ3n) is 2.85. The van der Waals surface area contributed by atoms with Crippen molar-refractivity contribution >= 4 is 0 Å². The summed E-state index contributed by atoms with van der Waals surface area (Å²) in [7, 11) is 0. The maximum absolute atomic E-state index is 12.6. The Labute approximate surface area is 123 Å². The number of hydrogen-bond acceptors (Lipinski definition) is 3. The van der Waals surface area contributed by atoms with E-state index in [9.17, 15) is 13.2 Å². The Bertz CT molecular complexity index is 404. The molecular formula is C15H22F3NO2. The zero-order valence-electron chi connectivity index (χ0n) is 12.4. The van der Waals surface area contributed by atoms with E-state index in [1.54, 1.807) is 6.07 Å². The first-order valence-electron chi connectivity index (χ1n) is 7.07.